The topological polar surface area (TPSA) is 71.1 Å². The second-order valence-corrected chi connectivity index (χ2v) is 13.5. The van der Waals surface area contributed by atoms with Crippen LogP contribution in [0.5, 0.6) is 0 Å². The molecule has 238 valence electrons. The fraction of sp³-hybridized carbons (Fsp3) is 0.824. The summed E-state index contributed by atoms with van der Waals surface area (Å²) in [5, 5.41) is 0. The Balaban J connectivity index is 1.31. The van der Waals surface area contributed by atoms with E-state index in [0.29, 0.717) is 26.2 Å². The highest BCUT2D eigenvalue weighted by Crippen LogP contribution is 2.19. The van der Waals surface area contributed by atoms with Crippen LogP contribution in [0.15, 0.2) is 29.2 Å². The Morgan fingerprint density at radius 2 is 1.22 bits per heavy atom. The zero-order valence-electron chi connectivity index (χ0n) is 26.3. The van der Waals surface area contributed by atoms with Gasteiger partial charge in [-0.15, -0.1) is 0 Å². The van der Waals surface area contributed by atoms with E-state index in [1.807, 2.05) is 6.92 Å². The van der Waals surface area contributed by atoms with Gasteiger partial charge in [0.25, 0.3) is 10.1 Å². The molecular weight excluding hydrogens is 536 g/mol. The average Bonchev–Trinajstić information content (AvgIpc) is 3.42. The maximum atomic E-state index is 12.2. The summed E-state index contributed by atoms with van der Waals surface area (Å²) in [4.78, 5) is 0.215. The van der Waals surface area contributed by atoms with Crippen LogP contribution < -0.4 is 0 Å². The molecule has 0 amide bonds. The molecule has 0 unspecified atom stereocenters. The van der Waals surface area contributed by atoms with Gasteiger partial charge in [-0.25, -0.2) is 0 Å². The Hall–Kier alpha value is -0.990. The highest BCUT2D eigenvalue weighted by molar-refractivity contribution is 7.86. The smallest absolute Gasteiger partial charge is 0.296 e. The number of ether oxygens (including phenoxy) is 3. The minimum Gasteiger partial charge on any atom is -0.379 e. The van der Waals surface area contributed by atoms with E-state index in [2.05, 4.69) is 6.92 Å². The van der Waals surface area contributed by atoms with Crippen molar-refractivity contribution in [3.8, 4) is 0 Å². The highest BCUT2D eigenvalue weighted by atomic mass is 32.2. The molecule has 0 aliphatic carbocycles. The SMILES string of the molecule is CCCCCCCCCCCCCCCCC[C@@H]1OC[C@@H](COCCCCCCOS(=O)(=O)c2ccc(C)cc2)O1. The molecule has 1 aliphatic rings. The van der Waals surface area contributed by atoms with Crippen LogP contribution in [0.4, 0.5) is 0 Å². The Labute approximate surface area is 252 Å². The number of hydrogen-bond acceptors (Lipinski definition) is 6. The number of unbranched alkanes of at least 4 members (excludes halogenated alkanes) is 17. The van der Waals surface area contributed by atoms with Gasteiger partial charge in [0.1, 0.15) is 6.10 Å². The van der Waals surface area contributed by atoms with Crippen molar-refractivity contribution in [2.24, 2.45) is 0 Å². The van der Waals surface area contributed by atoms with Gasteiger partial charge in [0, 0.05) is 6.61 Å². The lowest BCUT2D eigenvalue weighted by Gasteiger charge is -2.12. The van der Waals surface area contributed by atoms with Gasteiger partial charge in [-0.05, 0) is 44.7 Å². The molecule has 6 nitrogen and oxygen atoms in total. The summed E-state index contributed by atoms with van der Waals surface area (Å²) in [6.07, 6.45) is 25.2. The summed E-state index contributed by atoms with van der Waals surface area (Å²) in [6, 6.07) is 6.73. The van der Waals surface area contributed by atoms with E-state index >= 15 is 0 Å². The van der Waals surface area contributed by atoms with Crippen molar-refractivity contribution < 1.29 is 26.8 Å². The minimum atomic E-state index is -3.66. The zero-order chi connectivity index (χ0) is 29.4. The van der Waals surface area contributed by atoms with Gasteiger partial charge >= 0.3 is 0 Å². The summed E-state index contributed by atoms with van der Waals surface area (Å²) < 4.78 is 47.1. The fourth-order valence-electron chi connectivity index (χ4n) is 5.25. The van der Waals surface area contributed by atoms with E-state index < -0.39 is 10.1 Å². The third-order valence-electron chi connectivity index (χ3n) is 7.89. The first kappa shape index (κ1) is 36.2. The van der Waals surface area contributed by atoms with Crippen molar-refractivity contribution in [3.05, 3.63) is 29.8 Å². The van der Waals surface area contributed by atoms with Gasteiger partial charge in [-0.1, -0.05) is 127 Å². The second-order valence-electron chi connectivity index (χ2n) is 11.8. The van der Waals surface area contributed by atoms with Crippen molar-refractivity contribution in [1.29, 1.82) is 0 Å². The summed E-state index contributed by atoms with van der Waals surface area (Å²) in [7, 11) is -3.66. The lowest BCUT2D eigenvalue weighted by atomic mass is 10.0. The molecule has 2 rings (SSSR count). The molecule has 1 heterocycles. The molecule has 1 saturated heterocycles. The Kier molecular flexibility index (Phi) is 20.7. The molecule has 0 saturated carbocycles. The lowest BCUT2D eigenvalue weighted by Crippen LogP contribution is -2.19. The molecule has 7 heteroatoms. The second kappa shape index (κ2) is 23.5. The third-order valence-corrected chi connectivity index (χ3v) is 9.22. The first-order chi connectivity index (χ1) is 20.0. The minimum absolute atomic E-state index is 0.0386. The fourth-order valence-corrected chi connectivity index (χ4v) is 6.19. The molecule has 1 fully saturated rings. The molecule has 1 aromatic carbocycles. The van der Waals surface area contributed by atoms with Crippen molar-refractivity contribution in [3.63, 3.8) is 0 Å². The van der Waals surface area contributed by atoms with Crippen molar-refractivity contribution >= 4 is 10.1 Å². The van der Waals surface area contributed by atoms with Crippen molar-refractivity contribution in [2.45, 2.75) is 160 Å². The van der Waals surface area contributed by atoms with Crippen LogP contribution in [-0.4, -0.2) is 47.2 Å². The molecule has 2 atom stereocenters. The summed E-state index contributed by atoms with van der Waals surface area (Å²) in [5.74, 6) is 0. The van der Waals surface area contributed by atoms with Crippen molar-refractivity contribution in [1.82, 2.24) is 0 Å². The quantitative estimate of drug-likeness (QED) is 0.0744. The normalized spacial score (nSPS) is 17.4. The molecule has 0 bridgehead atoms. The zero-order valence-corrected chi connectivity index (χ0v) is 27.1. The van der Waals surface area contributed by atoms with Gasteiger partial charge in [0.15, 0.2) is 6.29 Å². The summed E-state index contributed by atoms with van der Waals surface area (Å²) in [6.45, 7) is 6.31. The van der Waals surface area contributed by atoms with E-state index in [-0.39, 0.29) is 23.9 Å². The molecule has 41 heavy (non-hydrogen) atoms. The number of rotatable bonds is 27. The van der Waals surface area contributed by atoms with E-state index in [0.717, 1.165) is 31.2 Å². The van der Waals surface area contributed by atoms with Crippen LogP contribution >= 0.6 is 0 Å². The molecule has 0 spiro atoms. The molecule has 1 aliphatic heterocycles. The third kappa shape index (κ3) is 18.3. The Bertz CT molecular complexity index is 841. The summed E-state index contributed by atoms with van der Waals surface area (Å²) in [5.41, 5.74) is 1.02. The van der Waals surface area contributed by atoms with E-state index in [1.165, 1.54) is 96.3 Å². The van der Waals surface area contributed by atoms with Crippen molar-refractivity contribution in [2.75, 3.05) is 26.4 Å². The van der Waals surface area contributed by atoms with Gasteiger partial charge < -0.3 is 14.2 Å². The van der Waals surface area contributed by atoms with Crippen LogP contribution in [0.1, 0.15) is 141 Å². The Morgan fingerprint density at radius 1 is 0.707 bits per heavy atom. The van der Waals surface area contributed by atoms with Gasteiger partial charge in [0.05, 0.1) is 24.7 Å². The molecule has 1 aromatic rings. The van der Waals surface area contributed by atoms with Gasteiger partial charge in [-0.2, -0.15) is 8.42 Å². The van der Waals surface area contributed by atoms with E-state index in [9.17, 15) is 8.42 Å². The van der Waals surface area contributed by atoms with Gasteiger partial charge in [-0.3, -0.25) is 4.18 Å². The maximum Gasteiger partial charge on any atom is 0.296 e. The molecule has 0 N–H and O–H groups in total. The molecule has 0 aromatic heterocycles. The monoisotopic (exact) mass is 596 g/mol. The standard InChI is InChI=1S/C34H60O6S/c1-3-4-5-6-7-8-9-10-11-12-13-14-15-16-19-22-34-38-30-32(40-34)29-37-27-20-17-18-21-28-39-41(35,36)33-25-23-31(2)24-26-33/h23-26,32,34H,3-22,27-30H2,1-2H3/t32-,34-/m1/s1. The van der Waals surface area contributed by atoms with Crippen LogP contribution in [0.25, 0.3) is 0 Å². The predicted molar refractivity (Wildman–Crippen MR) is 168 cm³/mol. The lowest BCUT2D eigenvalue weighted by molar-refractivity contribution is -0.0761. The highest BCUT2D eigenvalue weighted by Gasteiger charge is 2.25. The van der Waals surface area contributed by atoms with Crippen LogP contribution in [0, 0.1) is 6.92 Å². The van der Waals surface area contributed by atoms with Crippen LogP contribution in [-0.2, 0) is 28.5 Å². The molecule has 0 radical (unpaired) electrons. The average molecular weight is 597 g/mol. The van der Waals surface area contributed by atoms with Gasteiger partial charge in [0.2, 0.25) is 0 Å². The first-order valence-electron chi connectivity index (χ1n) is 16.8. The van der Waals surface area contributed by atoms with E-state index in [1.54, 1.807) is 24.3 Å². The molecular formula is C34H60O6S. The maximum absolute atomic E-state index is 12.2. The largest absolute Gasteiger partial charge is 0.379 e. The summed E-state index contributed by atoms with van der Waals surface area (Å²) >= 11 is 0. The number of aryl methyl sites for hydroxylation is 1. The first-order valence-corrected chi connectivity index (χ1v) is 18.2. The number of benzene rings is 1. The van der Waals surface area contributed by atoms with Crippen LogP contribution in [0.2, 0.25) is 0 Å². The Morgan fingerprint density at radius 3 is 1.80 bits per heavy atom. The van der Waals surface area contributed by atoms with Crippen LogP contribution in [0.3, 0.4) is 0 Å². The van der Waals surface area contributed by atoms with E-state index in [4.69, 9.17) is 18.4 Å². The predicted octanol–water partition coefficient (Wildman–Crippen LogP) is 9.28. The number of hydrogen-bond donors (Lipinski definition) is 0.